The van der Waals surface area contributed by atoms with E-state index in [4.69, 9.17) is 4.74 Å². The van der Waals surface area contributed by atoms with Crippen LogP contribution in [-0.4, -0.2) is 26.3 Å². The van der Waals surface area contributed by atoms with Crippen molar-refractivity contribution in [3.8, 4) is 0 Å². The number of hydrogen-bond donors (Lipinski definition) is 1. The first-order valence-corrected chi connectivity index (χ1v) is 7.67. The Morgan fingerprint density at radius 3 is 2.70 bits per heavy atom. The minimum atomic E-state index is -0.152. The Hall–Kier alpha value is -0.930. The van der Waals surface area contributed by atoms with E-state index in [0.717, 1.165) is 44.7 Å². The van der Waals surface area contributed by atoms with Crippen molar-refractivity contribution < 1.29 is 9.13 Å². The number of rotatable bonds is 10. The van der Waals surface area contributed by atoms with E-state index in [1.165, 1.54) is 6.07 Å². The van der Waals surface area contributed by atoms with E-state index in [1.54, 1.807) is 12.1 Å². The molecule has 0 radical (unpaired) electrons. The van der Waals surface area contributed by atoms with Crippen LogP contribution in [0.1, 0.15) is 45.1 Å². The summed E-state index contributed by atoms with van der Waals surface area (Å²) in [6.07, 6.45) is 2.03. The van der Waals surface area contributed by atoms with Gasteiger partial charge >= 0.3 is 0 Å². The molecule has 0 fully saturated rings. The Morgan fingerprint density at radius 2 is 2.05 bits per heavy atom. The van der Waals surface area contributed by atoms with Crippen LogP contribution in [0.5, 0.6) is 0 Å². The molecule has 0 amide bonds. The number of ether oxygens (including phenoxy) is 1. The molecule has 0 aliphatic rings. The van der Waals surface area contributed by atoms with Crippen LogP contribution in [0.15, 0.2) is 24.3 Å². The average molecular weight is 281 g/mol. The average Bonchev–Trinajstić information content (AvgIpc) is 2.41. The highest BCUT2D eigenvalue weighted by molar-refractivity contribution is 5.21. The van der Waals surface area contributed by atoms with E-state index >= 15 is 0 Å². The minimum absolute atomic E-state index is 0.152. The molecule has 1 atom stereocenters. The normalized spacial score (nSPS) is 12.8. The van der Waals surface area contributed by atoms with E-state index < -0.39 is 0 Å². The van der Waals surface area contributed by atoms with Gasteiger partial charge in [0.05, 0.1) is 0 Å². The summed E-state index contributed by atoms with van der Waals surface area (Å²) < 4.78 is 18.8. The van der Waals surface area contributed by atoms with Crippen molar-refractivity contribution in [2.24, 2.45) is 5.92 Å². The van der Waals surface area contributed by atoms with E-state index in [-0.39, 0.29) is 5.82 Å². The lowest BCUT2D eigenvalue weighted by Gasteiger charge is -2.19. The van der Waals surface area contributed by atoms with Gasteiger partial charge in [-0.25, -0.2) is 4.39 Å². The second-order valence-corrected chi connectivity index (χ2v) is 5.64. The summed E-state index contributed by atoms with van der Waals surface area (Å²) in [5.74, 6) is 0.831. The Balaban J connectivity index is 2.53. The molecule has 0 aromatic heterocycles. The van der Waals surface area contributed by atoms with Crippen LogP contribution in [0.4, 0.5) is 4.39 Å². The predicted octanol–water partition coefficient (Wildman–Crippen LogP) is 3.97. The Bertz CT molecular complexity index is 368. The molecule has 1 aromatic carbocycles. The molecule has 0 bridgehead atoms. The van der Waals surface area contributed by atoms with Gasteiger partial charge in [-0.15, -0.1) is 0 Å². The van der Waals surface area contributed by atoms with Crippen molar-refractivity contribution in [2.45, 2.75) is 39.5 Å². The van der Waals surface area contributed by atoms with Crippen LogP contribution in [-0.2, 0) is 4.74 Å². The molecule has 0 saturated heterocycles. The van der Waals surface area contributed by atoms with Crippen LogP contribution >= 0.6 is 0 Å². The molecule has 20 heavy (non-hydrogen) atoms. The molecule has 0 saturated carbocycles. The van der Waals surface area contributed by atoms with Crippen molar-refractivity contribution in [1.82, 2.24) is 5.32 Å². The number of benzene rings is 1. The highest BCUT2D eigenvalue weighted by atomic mass is 19.1. The first kappa shape index (κ1) is 17.1. The zero-order valence-corrected chi connectivity index (χ0v) is 13.0. The van der Waals surface area contributed by atoms with Crippen molar-refractivity contribution in [1.29, 1.82) is 0 Å². The van der Waals surface area contributed by atoms with Gasteiger partial charge in [-0.05, 0) is 55.8 Å². The smallest absolute Gasteiger partial charge is 0.123 e. The predicted molar refractivity (Wildman–Crippen MR) is 82.6 cm³/mol. The van der Waals surface area contributed by atoms with Gasteiger partial charge in [0.15, 0.2) is 0 Å². The standard InChI is InChI=1S/C17H28FNO/c1-4-20-10-6-8-16(13-19-12-14(2)3)15-7-5-9-17(18)11-15/h5,7,9,11,14,16,19H,4,6,8,10,12-13H2,1-3H3. The summed E-state index contributed by atoms with van der Waals surface area (Å²) in [4.78, 5) is 0. The summed E-state index contributed by atoms with van der Waals surface area (Å²) in [6, 6.07) is 6.97. The van der Waals surface area contributed by atoms with E-state index in [0.29, 0.717) is 11.8 Å². The largest absolute Gasteiger partial charge is 0.382 e. The first-order valence-electron chi connectivity index (χ1n) is 7.67. The Labute approximate surface area is 122 Å². The van der Waals surface area contributed by atoms with Gasteiger partial charge in [0.1, 0.15) is 5.82 Å². The lowest BCUT2D eigenvalue weighted by atomic mass is 9.94. The van der Waals surface area contributed by atoms with Crippen LogP contribution in [0, 0.1) is 11.7 Å². The molecule has 0 heterocycles. The quantitative estimate of drug-likeness (QED) is 0.655. The van der Waals surface area contributed by atoms with Gasteiger partial charge in [0.25, 0.3) is 0 Å². The molecule has 0 aliphatic heterocycles. The van der Waals surface area contributed by atoms with E-state index in [2.05, 4.69) is 19.2 Å². The van der Waals surface area contributed by atoms with E-state index in [9.17, 15) is 4.39 Å². The second kappa shape index (κ2) is 9.89. The third kappa shape index (κ3) is 7.01. The maximum absolute atomic E-state index is 13.4. The molecule has 0 spiro atoms. The maximum atomic E-state index is 13.4. The number of nitrogens with one attached hydrogen (secondary N) is 1. The van der Waals surface area contributed by atoms with Crippen molar-refractivity contribution in [3.63, 3.8) is 0 Å². The summed E-state index contributed by atoms with van der Waals surface area (Å²) in [5.41, 5.74) is 1.08. The fourth-order valence-corrected chi connectivity index (χ4v) is 2.27. The molecular weight excluding hydrogens is 253 g/mol. The SMILES string of the molecule is CCOCCCC(CNCC(C)C)c1cccc(F)c1. The van der Waals surface area contributed by atoms with Gasteiger partial charge in [-0.3, -0.25) is 0 Å². The van der Waals surface area contributed by atoms with Crippen molar-refractivity contribution in [3.05, 3.63) is 35.6 Å². The van der Waals surface area contributed by atoms with Crippen LogP contribution in [0.2, 0.25) is 0 Å². The van der Waals surface area contributed by atoms with Crippen molar-refractivity contribution >= 4 is 0 Å². The highest BCUT2D eigenvalue weighted by Gasteiger charge is 2.12. The molecule has 1 N–H and O–H groups in total. The number of halogens is 1. The van der Waals surface area contributed by atoms with Gasteiger partial charge < -0.3 is 10.1 Å². The van der Waals surface area contributed by atoms with Crippen LogP contribution in [0.3, 0.4) is 0 Å². The molecule has 2 nitrogen and oxygen atoms in total. The fourth-order valence-electron chi connectivity index (χ4n) is 2.27. The second-order valence-electron chi connectivity index (χ2n) is 5.64. The van der Waals surface area contributed by atoms with Gasteiger partial charge in [-0.1, -0.05) is 26.0 Å². The third-order valence-electron chi connectivity index (χ3n) is 3.31. The maximum Gasteiger partial charge on any atom is 0.123 e. The topological polar surface area (TPSA) is 21.3 Å². The van der Waals surface area contributed by atoms with Crippen LogP contribution in [0.25, 0.3) is 0 Å². The molecule has 114 valence electrons. The lowest BCUT2D eigenvalue weighted by molar-refractivity contribution is 0.141. The summed E-state index contributed by atoms with van der Waals surface area (Å²) >= 11 is 0. The van der Waals surface area contributed by atoms with E-state index in [1.807, 2.05) is 13.0 Å². The molecule has 1 unspecified atom stereocenters. The Kier molecular flexibility index (Phi) is 8.47. The van der Waals surface area contributed by atoms with Gasteiger partial charge in [0, 0.05) is 19.8 Å². The molecule has 1 aromatic rings. The zero-order valence-electron chi connectivity index (χ0n) is 13.0. The van der Waals surface area contributed by atoms with Gasteiger partial charge in [0.2, 0.25) is 0 Å². The summed E-state index contributed by atoms with van der Waals surface area (Å²) in [6.45, 7) is 9.83. The fraction of sp³-hybridized carbons (Fsp3) is 0.647. The third-order valence-corrected chi connectivity index (χ3v) is 3.31. The molecular formula is C17H28FNO. The molecule has 0 aliphatic carbocycles. The Morgan fingerprint density at radius 1 is 1.25 bits per heavy atom. The summed E-state index contributed by atoms with van der Waals surface area (Å²) in [5, 5.41) is 3.48. The highest BCUT2D eigenvalue weighted by Crippen LogP contribution is 2.21. The lowest BCUT2D eigenvalue weighted by Crippen LogP contribution is -2.25. The number of hydrogen-bond acceptors (Lipinski definition) is 2. The first-order chi connectivity index (χ1) is 9.63. The van der Waals surface area contributed by atoms with Crippen molar-refractivity contribution in [2.75, 3.05) is 26.3 Å². The minimum Gasteiger partial charge on any atom is -0.382 e. The van der Waals surface area contributed by atoms with Crippen LogP contribution < -0.4 is 5.32 Å². The molecule has 1 rings (SSSR count). The zero-order chi connectivity index (χ0) is 14.8. The molecule has 3 heteroatoms. The monoisotopic (exact) mass is 281 g/mol. The van der Waals surface area contributed by atoms with Gasteiger partial charge in [-0.2, -0.15) is 0 Å². The summed E-state index contributed by atoms with van der Waals surface area (Å²) in [7, 11) is 0.